The van der Waals surface area contributed by atoms with Gasteiger partial charge in [0, 0.05) is 10.4 Å². The third-order valence-corrected chi connectivity index (χ3v) is 2.89. The molecule has 84 valence electrons. The van der Waals surface area contributed by atoms with Gasteiger partial charge in [0.1, 0.15) is 5.75 Å². The van der Waals surface area contributed by atoms with Gasteiger partial charge >= 0.3 is 0 Å². The van der Waals surface area contributed by atoms with Gasteiger partial charge in [-0.05, 0) is 31.0 Å². The van der Waals surface area contributed by atoms with Gasteiger partial charge in [0.15, 0.2) is 0 Å². The first-order chi connectivity index (χ1) is 7.33. The van der Waals surface area contributed by atoms with Crippen molar-refractivity contribution in [1.82, 2.24) is 0 Å². The van der Waals surface area contributed by atoms with E-state index in [4.69, 9.17) is 16.3 Å². The summed E-state index contributed by atoms with van der Waals surface area (Å²) < 4.78 is 5.57. The molecule has 3 heteroatoms. The van der Waals surface area contributed by atoms with Crippen LogP contribution in [0.15, 0.2) is 24.3 Å². The van der Waals surface area contributed by atoms with Crippen molar-refractivity contribution in [3.05, 3.63) is 29.3 Å². The second-order valence-corrected chi connectivity index (χ2v) is 4.64. The van der Waals surface area contributed by atoms with E-state index in [1.807, 2.05) is 24.3 Å². The quantitative estimate of drug-likeness (QED) is 0.524. The third-order valence-electron chi connectivity index (χ3n) is 2.09. The maximum absolute atomic E-state index is 5.84. The number of halogens is 2. The highest BCUT2D eigenvalue weighted by molar-refractivity contribution is 9.09. The molecule has 0 amide bonds. The molecule has 15 heavy (non-hydrogen) atoms. The Balaban J connectivity index is 2.10. The highest BCUT2D eigenvalue weighted by atomic mass is 79.9. The smallest absolute Gasteiger partial charge is 0.120 e. The molecule has 0 fully saturated rings. The number of ether oxygens (including phenoxy) is 1. The van der Waals surface area contributed by atoms with Crippen LogP contribution >= 0.6 is 27.5 Å². The molecule has 0 aliphatic carbocycles. The molecular weight excluding hydrogens is 275 g/mol. The molecule has 0 heterocycles. The van der Waals surface area contributed by atoms with Crippen LogP contribution in [0.1, 0.15) is 25.7 Å². The number of hydrogen-bond acceptors (Lipinski definition) is 1. The van der Waals surface area contributed by atoms with Gasteiger partial charge in [-0.2, -0.15) is 0 Å². The van der Waals surface area contributed by atoms with Gasteiger partial charge in [0.2, 0.25) is 0 Å². The molecule has 1 rings (SSSR count). The predicted octanol–water partition coefficient (Wildman–Crippen LogP) is 4.67. The van der Waals surface area contributed by atoms with Crippen molar-refractivity contribution in [2.45, 2.75) is 25.7 Å². The number of hydrogen-bond donors (Lipinski definition) is 0. The van der Waals surface area contributed by atoms with E-state index in [1.165, 1.54) is 19.3 Å². The Kier molecular flexibility index (Phi) is 6.86. The number of rotatable bonds is 7. The zero-order valence-corrected chi connectivity index (χ0v) is 11.1. The Morgan fingerprint density at radius 2 is 1.93 bits per heavy atom. The van der Waals surface area contributed by atoms with Crippen LogP contribution in [0.3, 0.4) is 0 Å². The molecule has 0 bridgehead atoms. The molecule has 0 radical (unpaired) electrons. The Labute approximate surface area is 105 Å². The van der Waals surface area contributed by atoms with E-state index in [1.54, 1.807) is 0 Å². The number of benzene rings is 1. The molecule has 1 aromatic carbocycles. The molecule has 0 saturated carbocycles. The van der Waals surface area contributed by atoms with E-state index >= 15 is 0 Å². The molecule has 0 aromatic heterocycles. The summed E-state index contributed by atoms with van der Waals surface area (Å²) in [5.41, 5.74) is 0. The molecule has 0 unspecified atom stereocenters. The minimum absolute atomic E-state index is 0.729. The van der Waals surface area contributed by atoms with Crippen molar-refractivity contribution in [3.8, 4) is 5.75 Å². The molecular formula is C12H16BrClO. The zero-order valence-electron chi connectivity index (χ0n) is 8.72. The van der Waals surface area contributed by atoms with Gasteiger partial charge in [-0.25, -0.2) is 0 Å². The highest BCUT2D eigenvalue weighted by Crippen LogP contribution is 2.17. The molecule has 1 nitrogen and oxygen atoms in total. The van der Waals surface area contributed by atoms with E-state index in [0.717, 1.165) is 29.1 Å². The normalized spacial score (nSPS) is 10.3. The summed E-state index contributed by atoms with van der Waals surface area (Å²) in [4.78, 5) is 0. The van der Waals surface area contributed by atoms with E-state index in [9.17, 15) is 0 Å². The molecule has 0 aliphatic heterocycles. The van der Waals surface area contributed by atoms with Crippen LogP contribution in [0, 0.1) is 0 Å². The Morgan fingerprint density at radius 3 is 2.67 bits per heavy atom. The first kappa shape index (κ1) is 12.9. The van der Waals surface area contributed by atoms with Crippen LogP contribution in [0.25, 0.3) is 0 Å². The fourth-order valence-corrected chi connectivity index (χ4v) is 1.87. The van der Waals surface area contributed by atoms with Crippen molar-refractivity contribution < 1.29 is 4.74 Å². The SMILES string of the molecule is Clc1cccc(OCCCCCCBr)c1. The Hall–Kier alpha value is -0.210. The summed E-state index contributed by atoms with van der Waals surface area (Å²) in [5.74, 6) is 0.864. The largest absolute Gasteiger partial charge is 0.494 e. The van der Waals surface area contributed by atoms with Gasteiger partial charge in [-0.15, -0.1) is 0 Å². The highest BCUT2D eigenvalue weighted by Gasteiger charge is 1.94. The van der Waals surface area contributed by atoms with Crippen molar-refractivity contribution in [1.29, 1.82) is 0 Å². The van der Waals surface area contributed by atoms with E-state index in [-0.39, 0.29) is 0 Å². The molecule has 0 spiro atoms. The summed E-state index contributed by atoms with van der Waals surface area (Å²) in [5, 5.41) is 1.83. The molecule has 0 aliphatic rings. The maximum Gasteiger partial charge on any atom is 0.120 e. The molecule has 1 aromatic rings. The second-order valence-electron chi connectivity index (χ2n) is 3.41. The van der Waals surface area contributed by atoms with E-state index in [2.05, 4.69) is 15.9 Å². The van der Waals surface area contributed by atoms with Gasteiger partial charge < -0.3 is 4.74 Å². The third kappa shape index (κ3) is 6.06. The summed E-state index contributed by atoms with van der Waals surface area (Å²) in [6.45, 7) is 0.780. The van der Waals surface area contributed by atoms with E-state index < -0.39 is 0 Å². The van der Waals surface area contributed by atoms with Crippen LogP contribution in [0.4, 0.5) is 0 Å². The topological polar surface area (TPSA) is 9.23 Å². The fourth-order valence-electron chi connectivity index (χ4n) is 1.30. The minimum Gasteiger partial charge on any atom is -0.494 e. The second kappa shape index (κ2) is 8.00. The van der Waals surface area contributed by atoms with Crippen molar-refractivity contribution in [2.24, 2.45) is 0 Å². The Bertz CT molecular complexity index is 278. The predicted molar refractivity (Wildman–Crippen MR) is 69.2 cm³/mol. The minimum atomic E-state index is 0.729. The average molecular weight is 292 g/mol. The van der Waals surface area contributed by atoms with Crippen LogP contribution < -0.4 is 4.74 Å². The number of alkyl halides is 1. The molecule has 0 saturated heterocycles. The van der Waals surface area contributed by atoms with Gasteiger partial charge in [0.05, 0.1) is 6.61 Å². The first-order valence-electron chi connectivity index (χ1n) is 5.27. The first-order valence-corrected chi connectivity index (χ1v) is 6.77. The monoisotopic (exact) mass is 290 g/mol. The van der Waals surface area contributed by atoms with Crippen molar-refractivity contribution >= 4 is 27.5 Å². The van der Waals surface area contributed by atoms with Crippen LogP contribution in [-0.2, 0) is 0 Å². The lowest BCUT2D eigenvalue weighted by molar-refractivity contribution is 0.305. The van der Waals surface area contributed by atoms with Gasteiger partial charge in [-0.3, -0.25) is 0 Å². The lowest BCUT2D eigenvalue weighted by Crippen LogP contribution is -1.97. The Morgan fingerprint density at radius 1 is 1.13 bits per heavy atom. The van der Waals surface area contributed by atoms with Crippen molar-refractivity contribution in [3.63, 3.8) is 0 Å². The number of unbranched alkanes of at least 4 members (excludes halogenated alkanes) is 3. The summed E-state index contributed by atoms with van der Waals surface area (Å²) in [6.07, 6.45) is 4.85. The zero-order chi connectivity index (χ0) is 10.9. The summed E-state index contributed by atoms with van der Waals surface area (Å²) >= 11 is 9.26. The standard InChI is InChI=1S/C12H16BrClO/c13-8-3-1-2-4-9-15-12-7-5-6-11(14)10-12/h5-7,10H,1-4,8-9H2. The van der Waals surface area contributed by atoms with Crippen LogP contribution in [0.5, 0.6) is 5.75 Å². The van der Waals surface area contributed by atoms with Crippen LogP contribution in [0.2, 0.25) is 5.02 Å². The van der Waals surface area contributed by atoms with E-state index in [0.29, 0.717) is 0 Å². The summed E-state index contributed by atoms with van der Waals surface area (Å²) in [7, 11) is 0. The van der Waals surface area contributed by atoms with Crippen LogP contribution in [-0.4, -0.2) is 11.9 Å². The maximum atomic E-state index is 5.84. The van der Waals surface area contributed by atoms with Gasteiger partial charge in [-0.1, -0.05) is 46.4 Å². The average Bonchev–Trinajstić information content (AvgIpc) is 2.23. The molecule has 0 atom stereocenters. The summed E-state index contributed by atoms with van der Waals surface area (Å²) in [6, 6.07) is 7.54. The molecule has 0 N–H and O–H groups in total. The fraction of sp³-hybridized carbons (Fsp3) is 0.500. The van der Waals surface area contributed by atoms with Gasteiger partial charge in [0.25, 0.3) is 0 Å². The van der Waals surface area contributed by atoms with Crippen molar-refractivity contribution in [2.75, 3.05) is 11.9 Å². The lowest BCUT2D eigenvalue weighted by Gasteiger charge is -2.05. The lowest BCUT2D eigenvalue weighted by atomic mass is 10.2.